The van der Waals surface area contributed by atoms with Crippen LogP contribution in [0.25, 0.3) is 0 Å². The van der Waals surface area contributed by atoms with Gasteiger partial charge in [-0.1, -0.05) is 6.92 Å². The van der Waals surface area contributed by atoms with Crippen LogP contribution in [-0.2, 0) is 4.74 Å². The maximum absolute atomic E-state index is 9.47. The van der Waals surface area contributed by atoms with Gasteiger partial charge in [0, 0.05) is 17.9 Å². The first kappa shape index (κ1) is 15.2. The van der Waals surface area contributed by atoms with Gasteiger partial charge in [-0.15, -0.1) is 0 Å². The number of nitrogens with zero attached hydrogens (tertiary/aromatic N) is 1. The van der Waals surface area contributed by atoms with Crippen molar-refractivity contribution in [3.05, 3.63) is 0 Å². The Bertz CT molecular complexity index is 327. The summed E-state index contributed by atoms with van der Waals surface area (Å²) in [5.74, 6) is 1.15. The van der Waals surface area contributed by atoms with Gasteiger partial charge in [0.2, 0.25) is 0 Å². The molecule has 1 N–H and O–H groups in total. The molecule has 4 heteroatoms. The summed E-state index contributed by atoms with van der Waals surface area (Å²) >= 11 is 2.03. The van der Waals surface area contributed by atoms with E-state index >= 15 is 0 Å². The van der Waals surface area contributed by atoms with E-state index in [2.05, 4.69) is 25.2 Å². The molecule has 1 saturated heterocycles. The lowest BCUT2D eigenvalue weighted by Gasteiger charge is -2.27. The second-order valence-corrected chi connectivity index (χ2v) is 7.19. The zero-order valence-electron chi connectivity index (χ0n) is 12.2. The quantitative estimate of drug-likeness (QED) is 0.695. The van der Waals surface area contributed by atoms with Crippen molar-refractivity contribution < 1.29 is 4.74 Å². The Kier molecular flexibility index (Phi) is 5.56. The highest BCUT2D eigenvalue weighted by Gasteiger charge is 2.34. The van der Waals surface area contributed by atoms with Crippen LogP contribution in [0.5, 0.6) is 0 Å². The van der Waals surface area contributed by atoms with Gasteiger partial charge in [0.1, 0.15) is 5.54 Å². The van der Waals surface area contributed by atoms with Gasteiger partial charge in [-0.2, -0.15) is 17.0 Å². The van der Waals surface area contributed by atoms with Gasteiger partial charge < -0.3 is 4.74 Å². The second-order valence-electron chi connectivity index (χ2n) is 5.84. The molecule has 1 saturated carbocycles. The van der Waals surface area contributed by atoms with Gasteiger partial charge in [0.05, 0.1) is 12.2 Å². The number of nitrogens with one attached hydrogen (secondary N) is 1. The van der Waals surface area contributed by atoms with Crippen molar-refractivity contribution in [2.75, 3.05) is 12.4 Å². The molecule has 1 aliphatic carbocycles. The molecule has 3 nitrogen and oxygen atoms in total. The molecule has 108 valence electrons. The van der Waals surface area contributed by atoms with Gasteiger partial charge >= 0.3 is 0 Å². The first-order chi connectivity index (χ1) is 9.19. The Hall–Kier alpha value is -0.240. The third kappa shape index (κ3) is 4.37. The van der Waals surface area contributed by atoms with Crippen LogP contribution in [-0.4, -0.2) is 35.3 Å². The summed E-state index contributed by atoms with van der Waals surface area (Å²) in [5.41, 5.74) is -0.278. The molecule has 19 heavy (non-hydrogen) atoms. The minimum absolute atomic E-state index is 0.278. The monoisotopic (exact) mass is 282 g/mol. The number of rotatable bonds is 8. The maximum atomic E-state index is 9.47. The van der Waals surface area contributed by atoms with Gasteiger partial charge in [0.15, 0.2) is 0 Å². The lowest BCUT2D eigenvalue weighted by atomic mass is 9.92. The Balaban J connectivity index is 1.68. The topological polar surface area (TPSA) is 45.0 Å². The molecule has 0 radical (unpaired) electrons. The van der Waals surface area contributed by atoms with Gasteiger partial charge in [-0.3, -0.25) is 5.32 Å². The summed E-state index contributed by atoms with van der Waals surface area (Å²) in [4.78, 5) is 0. The zero-order valence-corrected chi connectivity index (χ0v) is 13.0. The minimum Gasteiger partial charge on any atom is -0.377 e. The van der Waals surface area contributed by atoms with Crippen LogP contribution < -0.4 is 5.32 Å². The van der Waals surface area contributed by atoms with E-state index in [0.29, 0.717) is 17.4 Å². The predicted molar refractivity (Wildman–Crippen MR) is 80.3 cm³/mol. The summed E-state index contributed by atoms with van der Waals surface area (Å²) in [6, 6.07) is 3.14. The van der Waals surface area contributed by atoms with Gasteiger partial charge in [-0.05, 0) is 51.2 Å². The van der Waals surface area contributed by atoms with Crippen molar-refractivity contribution in [1.82, 2.24) is 5.32 Å². The van der Waals surface area contributed by atoms with E-state index in [1.165, 1.54) is 19.3 Å². The number of thioether (sulfide) groups is 1. The van der Waals surface area contributed by atoms with E-state index in [1.807, 2.05) is 11.8 Å². The summed E-state index contributed by atoms with van der Waals surface area (Å²) < 4.78 is 5.58. The van der Waals surface area contributed by atoms with E-state index < -0.39 is 0 Å². The van der Waals surface area contributed by atoms with Crippen LogP contribution >= 0.6 is 11.8 Å². The molecule has 1 aliphatic heterocycles. The summed E-state index contributed by atoms with van der Waals surface area (Å²) in [7, 11) is 0. The number of nitriles is 1. The fourth-order valence-electron chi connectivity index (χ4n) is 2.68. The molecule has 0 spiro atoms. The third-order valence-corrected chi connectivity index (χ3v) is 5.83. The Morgan fingerprint density at radius 3 is 2.74 bits per heavy atom. The summed E-state index contributed by atoms with van der Waals surface area (Å²) in [6.45, 7) is 5.21. The van der Waals surface area contributed by atoms with Crippen LogP contribution in [0.15, 0.2) is 0 Å². The molecule has 0 amide bonds. The van der Waals surface area contributed by atoms with Crippen LogP contribution in [0.2, 0.25) is 0 Å². The first-order valence-corrected chi connectivity index (χ1v) is 8.66. The molecular formula is C15H26N2OS. The van der Waals surface area contributed by atoms with E-state index in [9.17, 15) is 5.26 Å². The fourth-order valence-corrected chi connectivity index (χ4v) is 3.90. The highest BCUT2D eigenvalue weighted by molar-refractivity contribution is 7.99. The highest BCUT2D eigenvalue weighted by atomic mass is 32.2. The smallest absolute Gasteiger partial charge is 0.106 e. The molecule has 2 aliphatic rings. The van der Waals surface area contributed by atoms with Crippen molar-refractivity contribution in [2.45, 2.75) is 75.3 Å². The lowest BCUT2D eigenvalue weighted by Crippen LogP contribution is -2.44. The van der Waals surface area contributed by atoms with Crippen LogP contribution in [0.4, 0.5) is 0 Å². The normalized spacial score (nSPS) is 29.9. The van der Waals surface area contributed by atoms with Gasteiger partial charge in [0.25, 0.3) is 0 Å². The summed E-state index contributed by atoms with van der Waals surface area (Å²) in [6.07, 6.45) is 7.09. The molecule has 2 rings (SSSR count). The van der Waals surface area contributed by atoms with E-state index in [1.54, 1.807) is 0 Å². The molecule has 0 aromatic heterocycles. The van der Waals surface area contributed by atoms with Crippen molar-refractivity contribution in [1.29, 1.82) is 5.26 Å². The van der Waals surface area contributed by atoms with Crippen molar-refractivity contribution in [3.63, 3.8) is 0 Å². The maximum Gasteiger partial charge on any atom is 0.106 e. The predicted octanol–water partition coefficient (Wildman–Crippen LogP) is 3.10. The van der Waals surface area contributed by atoms with Gasteiger partial charge in [-0.25, -0.2) is 0 Å². The Labute approximate surface area is 121 Å². The number of hydrogen-bond donors (Lipinski definition) is 1. The molecular weight excluding hydrogens is 256 g/mol. The minimum atomic E-state index is -0.278. The van der Waals surface area contributed by atoms with E-state index in [-0.39, 0.29) is 5.54 Å². The fraction of sp³-hybridized carbons (Fsp3) is 0.933. The van der Waals surface area contributed by atoms with Crippen molar-refractivity contribution in [3.8, 4) is 6.07 Å². The number of hydrogen-bond acceptors (Lipinski definition) is 4. The van der Waals surface area contributed by atoms with E-state index in [4.69, 9.17) is 4.74 Å². The standard InChI is InChI=1S/C15H26N2OS/c1-3-15(11-16,17-13-5-6-13)8-4-10-19-14-7-9-18-12(14)2/h12-14,17H,3-10H2,1-2H3. The van der Waals surface area contributed by atoms with Crippen molar-refractivity contribution in [2.24, 2.45) is 0 Å². The third-order valence-electron chi connectivity index (χ3n) is 4.26. The number of ether oxygens (including phenoxy) is 1. The first-order valence-electron chi connectivity index (χ1n) is 7.61. The molecule has 3 atom stereocenters. The van der Waals surface area contributed by atoms with E-state index in [0.717, 1.165) is 31.6 Å². The Morgan fingerprint density at radius 1 is 1.42 bits per heavy atom. The zero-order chi connectivity index (χ0) is 13.7. The molecule has 2 fully saturated rings. The van der Waals surface area contributed by atoms with Crippen LogP contribution in [0.1, 0.15) is 52.4 Å². The molecule has 0 aromatic carbocycles. The largest absolute Gasteiger partial charge is 0.377 e. The molecule has 3 unspecified atom stereocenters. The van der Waals surface area contributed by atoms with Crippen LogP contribution in [0, 0.1) is 11.3 Å². The second kappa shape index (κ2) is 6.97. The lowest BCUT2D eigenvalue weighted by molar-refractivity contribution is 0.127. The average molecular weight is 282 g/mol. The van der Waals surface area contributed by atoms with Crippen molar-refractivity contribution >= 4 is 11.8 Å². The highest BCUT2D eigenvalue weighted by Crippen LogP contribution is 2.30. The molecule has 1 heterocycles. The molecule has 0 bridgehead atoms. The average Bonchev–Trinajstić information content (AvgIpc) is 3.15. The summed E-state index contributed by atoms with van der Waals surface area (Å²) in [5, 5.41) is 13.7. The molecule has 0 aromatic rings. The SMILES string of the molecule is CCC(C#N)(CCCSC1CCOC1C)NC1CC1. The van der Waals surface area contributed by atoms with Crippen LogP contribution in [0.3, 0.4) is 0 Å². The Morgan fingerprint density at radius 2 is 2.21 bits per heavy atom.